The van der Waals surface area contributed by atoms with Gasteiger partial charge in [0.1, 0.15) is 5.82 Å². The van der Waals surface area contributed by atoms with E-state index in [-0.39, 0.29) is 5.82 Å². The molecule has 0 bridgehead atoms. The van der Waals surface area contributed by atoms with E-state index in [2.05, 4.69) is 11.7 Å². The summed E-state index contributed by atoms with van der Waals surface area (Å²) < 4.78 is 14.5. The smallest absolute Gasteiger partial charge is 0.123 e. The van der Waals surface area contributed by atoms with Crippen LogP contribution < -0.4 is 0 Å². The number of aryl methyl sites for hydroxylation is 1. The van der Waals surface area contributed by atoms with Crippen LogP contribution in [0.2, 0.25) is 0 Å². The van der Waals surface area contributed by atoms with Crippen molar-refractivity contribution in [3.8, 4) is 5.69 Å². The minimum atomic E-state index is -0.247. The molecule has 76 valence electrons. The lowest BCUT2D eigenvalue weighted by Crippen LogP contribution is -1.98. The molecule has 0 atom stereocenters. The molecule has 2 rings (SSSR count). The van der Waals surface area contributed by atoms with Gasteiger partial charge in [0.05, 0.1) is 17.6 Å². The van der Waals surface area contributed by atoms with Crippen LogP contribution in [0.5, 0.6) is 0 Å². The Morgan fingerprint density at radius 1 is 1.33 bits per heavy atom. The molecule has 0 N–H and O–H groups in total. The largest absolute Gasteiger partial charge is 0.233 e. The summed E-state index contributed by atoms with van der Waals surface area (Å²) in [5, 5.41) is 4.21. The average molecular weight is 202 g/mol. The molecule has 2 aromatic rings. The molecule has 0 saturated carbocycles. The Labute approximate surface area is 87.7 Å². The summed E-state index contributed by atoms with van der Waals surface area (Å²) in [5.41, 5.74) is 2.82. The molecular weight excluding hydrogens is 191 g/mol. The minimum absolute atomic E-state index is 0.247. The van der Waals surface area contributed by atoms with Crippen molar-refractivity contribution in [2.24, 2.45) is 0 Å². The van der Waals surface area contributed by atoms with Crippen molar-refractivity contribution in [2.75, 3.05) is 0 Å². The second-order valence-corrected chi connectivity index (χ2v) is 3.31. The quantitative estimate of drug-likeness (QED) is 0.732. The molecule has 0 amide bonds. The van der Waals surface area contributed by atoms with Crippen molar-refractivity contribution in [3.63, 3.8) is 0 Å². The highest BCUT2D eigenvalue weighted by Crippen LogP contribution is 2.15. The summed E-state index contributed by atoms with van der Waals surface area (Å²) in [7, 11) is 0. The van der Waals surface area contributed by atoms with Gasteiger partial charge >= 0.3 is 0 Å². The molecule has 1 heterocycles. The van der Waals surface area contributed by atoms with Gasteiger partial charge in [-0.2, -0.15) is 5.10 Å². The van der Waals surface area contributed by atoms with Crippen LogP contribution in [-0.4, -0.2) is 9.78 Å². The maximum atomic E-state index is 12.7. The van der Waals surface area contributed by atoms with E-state index >= 15 is 0 Å². The van der Waals surface area contributed by atoms with E-state index in [1.807, 2.05) is 6.92 Å². The molecular formula is C12H11FN2. The molecule has 0 saturated heterocycles. The van der Waals surface area contributed by atoms with E-state index < -0.39 is 0 Å². The second kappa shape index (κ2) is 3.69. The summed E-state index contributed by atoms with van der Waals surface area (Å²) in [4.78, 5) is 0. The summed E-state index contributed by atoms with van der Waals surface area (Å²) >= 11 is 0. The van der Waals surface area contributed by atoms with Crippen LogP contribution in [0.3, 0.4) is 0 Å². The highest BCUT2D eigenvalue weighted by molar-refractivity contribution is 5.50. The number of rotatable bonds is 2. The predicted octanol–water partition coefficient (Wildman–Crippen LogP) is 2.96. The second-order valence-electron chi connectivity index (χ2n) is 3.31. The first kappa shape index (κ1) is 9.65. The van der Waals surface area contributed by atoms with E-state index in [0.29, 0.717) is 0 Å². The van der Waals surface area contributed by atoms with Gasteiger partial charge in [0, 0.05) is 0 Å². The van der Waals surface area contributed by atoms with Crippen molar-refractivity contribution in [2.45, 2.75) is 6.92 Å². The molecule has 3 heteroatoms. The van der Waals surface area contributed by atoms with Crippen LogP contribution >= 0.6 is 0 Å². The van der Waals surface area contributed by atoms with Gasteiger partial charge in [0.25, 0.3) is 0 Å². The van der Waals surface area contributed by atoms with Gasteiger partial charge in [-0.05, 0) is 42.8 Å². The van der Waals surface area contributed by atoms with Crippen LogP contribution in [0.15, 0.2) is 37.0 Å². The van der Waals surface area contributed by atoms with Gasteiger partial charge in [0.2, 0.25) is 0 Å². The monoisotopic (exact) mass is 202 g/mol. The summed E-state index contributed by atoms with van der Waals surface area (Å²) in [6, 6.07) is 6.21. The Balaban J connectivity index is 2.53. The SMILES string of the molecule is C=Cc1c(C)cnn1-c1ccc(F)cc1. The van der Waals surface area contributed by atoms with Crippen LogP contribution in [-0.2, 0) is 0 Å². The Morgan fingerprint density at radius 2 is 2.00 bits per heavy atom. The maximum Gasteiger partial charge on any atom is 0.123 e. The van der Waals surface area contributed by atoms with Gasteiger partial charge < -0.3 is 0 Å². The van der Waals surface area contributed by atoms with E-state index in [0.717, 1.165) is 16.9 Å². The summed E-state index contributed by atoms with van der Waals surface area (Å²) in [6.45, 7) is 5.70. The first-order valence-electron chi connectivity index (χ1n) is 4.65. The minimum Gasteiger partial charge on any atom is -0.233 e. The van der Waals surface area contributed by atoms with Crippen LogP contribution in [0.1, 0.15) is 11.3 Å². The third-order valence-corrected chi connectivity index (χ3v) is 2.26. The number of hydrogen-bond donors (Lipinski definition) is 0. The van der Waals surface area contributed by atoms with Crippen molar-refractivity contribution >= 4 is 6.08 Å². The molecule has 1 aromatic carbocycles. The average Bonchev–Trinajstić information content (AvgIpc) is 2.61. The molecule has 0 unspecified atom stereocenters. The standard InChI is InChI=1S/C12H11FN2/c1-3-12-9(2)8-14-15(12)11-6-4-10(13)5-7-11/h3-8H,1H2,2H3. The molecule has 0 aliphatic heterocycles. The number of benzene rings is 1. The molecule has 0 fully saturated rings. The molecule has 0 spiro atoms. The zero-order valence-corrected chi connectivity index (χ0v) is 8.44. The third kappa shape index (κ3) is 1.68. The van der Waals surface area contributed by atoms with E-state index in [1.54, 1.807) is 29.1 Å². The lowest BCUT2D eigenvalue weighted by atomic mass is 10.2. The lowest BCUT2D eigenvalue weighted by molar-refractivity contribution is 0.627. The number of nitrogens with zero attached hydrogens (tertiary/aromatic N) is 2. The lowest BCUT2D eigenvalue weighted by Gasteiger charge is -2.04. The van der Waals surface area contributed by atoms with Crippen LogP contribution in [0.4, 0.5) is 4.39 Å². The van der Waals surface area contributed by atoms with E-state index in [9.17, 15) is 4.39 Å². The van der Waals surface area contributed by atoms with E-state index in [4.69, 9.17) is 0 Å². The van der Waals surface area contributed by atoms with Crippen molar-refractivity contribution in [1.29, 1.82) is 0 Å². The summed E-state index contributed by atoms with van der Waals surface area (Å²) in [5.74, 6) is -0.247. The topological polar surface area (TPSA) is 17.8 Å². The van der Waals surface area contributed by atoms with Crippen molar-refractivity contribution in [1.82, 2.24) is 9.78 Å². The van der Waals surface area contributed by atoms with E-state index in [1.165, 1.54) is 12.1 Å². The fraction of sp³-hybridized carbons (Fsp3) is 0.0833. The molecule has 0 aliphatic rings. The number of hydrogen-bond acceptors (Lipinski definition) is 1. The Kier molecular flexibility index (Phi) is 2.37. The molecule has 1 aromatic heterocycles. The van der Waals surface area contributed by atoms with Crippen LogP contribution in [0.25, 0.3) is 11.8 Å². The Morgan fingerprint density at radius 3 is 2.60 bits per heavy atom. The first-order valence-corrected chi connectivity index (χ1v) is 4.65. The van der Waals surface area contributed by atoms with Gasteiger partial charge in [0.15, 0.2) is 0 Å². The van der Waals surface area contributed by atoms with Gasteiger partial charge in [-0.25, -0.2) is 9.07 Å². The third-order valence-electron chi connectivity index (χ3n) is 2.26. The van der Waals surface area contributed by atoms with Crippen LogP contribution in [0, 0.1) is 12.7 Å². The van der Waals surface area contributed by atoms with Gasteiger partial charge in [-0.1, -0.05) is 6.58 Å². The predicted molar refractivity (Wildman–Crippen MR) is 58.4 cm³/mol. The molecule has 0 aliphatic carbocycles. The normalized spacial score (nSPS) is 10.3. The fourth-order valence-corrected chi connectivity index (χ4v) is 1.48. The highest BCUT2D eigenvalue weighted by Gasteiger charge is 2.05. The Bertz CT molecular complexity index is 483. The summed E-state index contributed by atoms with van der Waals surface area (Å²) in [6.07, 6.45) is 3.51. The highest BCUT2D eigenvalue weighted by atomic mass is 19.1. The maximum absolute atomic E-state index is 12.7. The Hall–Kier alpha value is -1.90. The first-order chi connectivity index (χ1) is 7.22. The molecule has 15 heavy (non-hydrogen) atoms. The van der Waals surface area contributed by atoms with Crippen molar-refractivity contribution < 1.29 is 4.39 Å². The number of aromatic nitrogens is 2. The molecule has 2 nitrogen and oxygen atoms in total. The van der Waals surface area contributed by atoms with Gasteiger partial charge in [-0.3, -0.25) is 0 Å². The van der Waals surface area contributed by atoms with Gasteiger partial charge in [-0.15, -0.1) is 0 Å². The zero-order chi connectivity index (χ0) is 10.8. The van der Waals surface area contributed by atoms with Crippen molar-refractivity contribution in [3.05, 3.63) is 54.1 Å². The molecule has 0 radical (unpaired) electrons. The fourth-order valence-electron chi connectivity index (χ4n) is 1.48. The number of halogens is 1. The zero-order valence-electron chi connectivity index (χ0n) is 8.44.